The Morgan fingerprint density at radius 3 is 3.00 bits per heavy atom. The number of pyridine rings is 1. The quantitative estimate of drug-likeness (QED) is 0.833. The van der Waals surface area contributed by atoms with E-state index in [0.717, 1.165) is 0 Å². The van der Waals surface area contributed by atoms with Crippen LogP contribution in [0.2, 0.25) is 5.02 Å². The Morgan fingerprint density at radius 1 is 1.40 bits per heavy atom. The minimum Gasteiger partial charge on any atom is -0.384 e. The van der Waals surface area contributed by atoms with Crippen molar-refractivity contribution in [1.29, 1.82) is 0 Å². The molecule has 1 heterocycles. The van der Waals surface area contributed by atoms with Crippen molar-refractivity contribution in [3.05, 3.63) is 58.9 Å². The molecule has 0 unspecified atom stereocenters. The molecule has 0 bridgehead atoms. The molecule has 1 aromatic carbocycles. The van der Waals surface area contributed by atoms with Crippen LogP contribution in [0.1, 0.15) is 15.9 Å². The highest BCUT2D eigenvalue weighted by atomic mass is 35.5. The first-order valence-electron chi connectivity index (χ1n) is 5.81. The number of aliphatic hydroxyl groups excluding tert-OH is 1. The number of amides is 1. The highest BCUT2D eigenvalue weighted by Gasteiger charge is 2.10. The standard InChI is InChI=1S/C15H11ClN2O2/c16-12-4-1-5-13(9-12)18-15(20)14-6-7-17-10-11(14)3-2-8-19/h1,4-7,9-10,19H,8H2,(H,18,20). The van der Waals surface area contributed by atoms with Crippen LogP contribution in [0.25, 0.3) is 0 Å². The summed E-state index contributed by atoms with van der Waals surface area (Å²) in [6.07, 6.45) is 2.99. The summed E-state index contributed by atoms with van der Waals surface area (Å²) in [7, 11) is 0. The number of carbonyl (C=O) groups excluding carboxylic acids is 1. The van der Waals surface area contributed by atoms with Crippen LogP contribution >= 0.6 is 11.6 Å². The molecule has 100 valence electrons. The monoisotopic (exact) mass is 286 g/mol. The van der Waals surface area contributed by atoms with Gasteiger partial charge in [-0.3, -0.25) is 9.78 Å². The Labute approximate surface area is 121 Å². The van der Waals surface area contributed by atoms with E-state index < -0.39 is 0 Å². The fourth-order valence-electron chi connectivity index (χ4n) is 1.59. The van der Waals surface area contributed by atoms with Gasteiger partial charge in [-0.15, -0.1) is 0 Å². The smallest absolute Gasteiger partial charge is 0.257 e. The number of hydrogen-bond donors (Lipinski definition) is 2. The molecule has 4 nitrogen and oxygen atoms in total. The van der Waals surface area contributed by atoms with Crippen LogP contribution in [0, 0.1) is 11.8 Å². The van der Waals surface area contributed by atoms with Gasteiger partial charge in [0.05, 0.1) is 11.1 Å². The molecule has 0 saturated carbocycles. The van der Waals surface area contributed by atoms with Gasteiger partial charge < -0.3 is 10.4 Å². The van der Waals surface area contributed by atoms with Gasteiger partial charge in [-0.1, -0.05) is 29.5 Å². The summed E-state index contributed by atoms with van der Waals surface area (Å²) in [5.74, 6) is 4.88. The molecule has 0 atom stereocenters. The zero-order valence-electron chi connectivity index (χ0n) is 10.4. The van der Waals surface area contributed by atoms with Gasteiger partial charge in [-0.2, -0.15) is 0 Å². The predicted molar refractivity (Wildman–Crippen MR) is 77.6 cm³/mol. The van der Waals surface area contributed by atoms with Crippen molar-refractivity contribution in [2.75, 3.05) is 11.9 Å². The van der Waals surface area contributed by atoms with Crippen LogP contribution in [-0.2, 0) is 0 Å². The second kappa shape index (κ2) is 6.71. The number of aliphatic hydroxyl groups is 1. The van der Waals surface area contributed by atoms with Crippen LogP contribution in [-0.4, -0.2) is 22.6 Å². The molecule has 0 fully saturated rings. The topological polar surface area (TPSA) is 62.2 Å². The van der Waals surface area contributed by atoms with E-state index >= 15 is 0 Å². The SMILES string of the molecule is O=C(Nc1cccc(Cl)c1)c1ccncc1C#CCO. The summed E-state index contributed by atoms with van der Waals surface area (Å²) in [5.41, 5.74) is 1.45. The number of carbonyl (C=O) groups is 1. The molecular formula is C15H11ClN2O2. The molecule has 2 aromatic rings. The van der Waals surface area contributed by atoms with Gasteiger partial charge in [0.1, 0.15) is 6.61 Å². The van der Waals surface area contributed by atoms with E-state index in [-0.39, 0.29) is 12.5 Å². The number of halogens is 1. The zero-order valence-corrected chi connectivity index (χ0v) is 11.2. The third kappa shape index (κ3) is 3.58. The molecular weight excluding hydrogens is 276 g/mol. The molecule has 2 N–H and O–H groups in total. The van der Waals surface area contributed by atoms with Crippen LogP contribution < -0.4 is 5.32 Å². The summed E-state index contributed by atoms with van der Waals surface area (Å²) in [5, 5.41) is 12.0. The summed E-state index contributed by atoms with van der Waals surface area (Å²) < 4.78 is 0. The minimum atomic E-state index is -0.308. The molecule has 0 saturated heterocycles. The average molecular weight is 287 g/mol. The predicted octanol–water partition coefficient (Wildman–Crippen LogP) is 2.33. The fraction of sp³-hybridized carbons (Fsp3) is 0.0667. The van der Waals surface area contributed by atoms with E-state index in [0.29, 0.717) is 21.8 Å². The molecule has 0 radical (unpaired) electrons. The highest BCUT2D eigenvalue weighted by molar-refractivity contribution is 6.31. The second-order valence-electron chi connectivity index (χ2n) is 3.85. The first-order chi connectivity index (χ1) is 9.70. The van der Waals surface area contributed by atoms with Gasteiger partial charge in [-0.25, -0.2) is 0 Å². The summed E-state index contributed by atoms with van der Waals surface area (Å²) >= 11 is 5.86. The Hall–Kier alpha value is -2.35. The van der Waals surface area contributed by atoms with E-state index in [1.807, 2.05) is 0 Å². The molecule has 0 aliphatic rings. The van der Waals surface area contributed by atoms with Crippen molar-refractivity contribution < 1.29 is 9.90 Å². The number of nitrogens with zero attached hydrogens (tertiary/aromatic N) is 1. The Balaban J connectivity index is 2.25. The summed E-state index contributed by atoms with van der Waals surface area (Å²) in [6, 6.07) is 8.43. The van der Waals surface area contributed by atoms with Crippen molar-refractivity contribution in [2.24, 2.45) is 0 Å². The Kier molecular flexibility index (Phi) is 4.72. The van der Waals surface area contributed by atoms with E-state index in [2.05, 4.69) is 22.1 Å². The third-order valence-electron chi connectivity index (χ3n) is 2.45. The largest absolute Gasteiger partial charge is 0.384 e. The van der Waals surface area contributed by atoms with E-state index in [1.165, 1.54) is 12.4 Å². The maximum Gasteiger partial charge on any atom is 0.257 e. The summed E-state index contributed by atoms with van der Waals surface area (Å²) in [6.45, 7) is -0.274. The maximum absolute atomic E-state index is 12.2. The van der Waals surface area contributed by atoms with Gasteiger partial charge in [0, 0.05) is 23.1 Å². The van der Waals surface area contributed by atoms with Gasteiger partial charge in [-0.05, 0) is 24.3 Å². The fourth-order valence-corrected chi connectivity index (χ4v) is 1.78. The lowest BCUT2D eigenvalue weighted by molar-refractivity contribution is 0.102. The van der Waals surface area contributed by atoms with E-state index in [9.17, 15) is 4.79 Å². The van der Waals surface area contributed by atoms with Crippen LogP contribution in [0.15, 0.2) is 42.7 Å². The molecule has 5 heteroatoms. The third-order valence-corrected chi connectivity index (χ3v) is 2.69. The van der Waals surface area contributed by atoms with Crippen molar-refractivity contribution >= 4 is 23.2 Å². The molecule has 2 rings (SSSR count). The molecule has 20 heavy (non-hydrogen) atoms. The van der Waals surface area contributed by atoms with Gasteiger partial charge >= 0.3 is 0 Å². The molecule has 0 aliphatic heterocycles. The van der Waals surface area contributed by atoms with E-state index in [4.69, 9.17) is 16.7 Å². The second-order valence-corrected chi connectivity index (χ2v) is 4.28. The van der Waals surface area contributed by atoms with Gasteiger partial charge in [0.2, 0.25) is 0 Å². The van der Waals surface area contributed by atoms with Crippen LogP contribution in [0.4, 0.5) is 5.69 Å². The van der Waals surface area contributed by atoms with Crippen LogP contribution in [0.3, 0.4) is 0 Å². The van der Waals surface area contributed by atoms with Crippen molar-refractivity contribution in [3.63, 3.8) is 0 Å². The maximum atomic E-state index is 12.2. The average Bonchev–Trinajstić information content (AvgIpc) is 2.45. The van der Waals surface area contributed by atoms with Crippen LogP contribution in [0.5, 0.6) is 0 Å². The zero-order chi connectivity index (χ0) is 14.4. The number of anilines is 1. The Bertz CT molecular complexity index is 690. The molecule has 1 aromatic heterocycles. The van der Waals surface area contributed by atoms with Crippen molar-refractivity contribution in [2.45, 2.75) is 0 Å². The summed E-state index contributed by atoms with van der Waals surface area (Å²) in [4.78, 5) is 16.1. The van der Waals surface area contributed by atoms with Crippen molar-refractivity contribution in [1.82, 2.24) is 4.98 Å². The lowest BCUT2D eigenvalue weighted by Gasteiger charge is -2.06. The number of nitrogens with one attached hydrogen (secondary N) is 1. The molecule has 0 spiro atoms. The van der Waals surface area contributed by atoms with Crippen molar-refractivity contribution in [3.8, 4) is 11.8 Å². The highest BCUT2D eigenvalue weighted by Crippen LogP contribution is 2.16. The number of benzene rings is 1. The number of hydrogen-bond acceptors (Lipinski definition) is 3. The first-order valence-corrected chi connectivity index (χ1v) is 6.19. The van der Waals surface area contributed by atoms with Gasteiger partial charge in [0.15, 0.2) is 0 Å². The molecule has 1 amide bonds. The normalized spacial score (nSPS) is 9.50. The molecule has 0 aliphatic carbocycles. The lowest BCUT2D eigenvalue weighted by Crippen LogP contribution is -2.13. The number of aromatic nitrogens is 1. The number of rotatable bonds is 2. The minimum absolute atomic E-state index is 0.274. The lowest BCUT2D eigenvalue weighted by atomic mass is 10.1. The Morgan fingerprint density at radius 2 is 2.25 bits per heavy atom. The first kappa shape index (κ1) is 14.1. The van der Waals surface area contributed by atoms with E-state index in [1.54, 1.807) is 30.3 Å². The van der Waals surface area contributed by atoms with Gasteiger partial charge in [0.25, 0.3) is 5.91 Å².